The first-order chi connectivity index (χ1) is 5.77. The Kier molecular flexibility index (Phi) is 1.54. The van der Waals surface area contributed by atoms with Gasteiger partial charge in [-0.1, -0.05) is 36.4 Å². The molecule has 54 valence electrons. The molecule has 0 aromatic heterocycles. The van der Waals surface area contributed by atoms with Gasteiger partial charge in [-0.2, -0.15) is 0 Å². The molecule has 0 saturated carbocycles. The number of halogens is 1. The van der Waals surface area contributed by atoms with Gasteiger partial charge in [-0.3, -0.25) is 0 Å². The van der Waals surface area contributed by atoms with Gasteiger partial charge in [-0.25, -0.2) is 0 Å². The van der Waals surface area contributed by atoms with Gasteiger partial charge in [0.2, 0.25) is 0 Å². The maximum atomic E-state index is 7.45. The van der Waals surface area contributed by atoms with E-state index in [0.717, 1.165) is 5.39 Å². The van der Waals surface area contributed by atoms with Crippen molar-refractivity contribution >= 4 is 33.4 Å². The summed E-state index contributed by atoms with van der Waals surface area (Å²) in [7, 11) is 0. The van der Waals surface area contributed by atoms with Crippen LogP contribution in [0.2, 0.25) is 0 Å². The molecule has 2 aromatic rings. The lowest BCUT2D eigenvalue weighted by atomic mass is 10.1. The first kappa shape index (κ1) is 6.00. The average molecular weight is 255 g/mol. The summed E-state index contributed by atoms with van der Waals surface area (Å²) in [6.07, 6.45) is 0. The minimum Gasteiger partial charge on any atom is -0.0616 e. The summed E-state index contributed by atoms with van der Waals surface area (Å²) >= 11 is 2.31. The number of fused-ring (bicyclic) bond motifs is 1. The summed E-state index contributed by atoms with van der Waals surface area (Å²) in [5, 5.41) is 2.38. The van der Waals surface area contributed by atoms with Gasteiger partial charge in [0.05, 0.1) is 1.37 Å². The van der Waals surface area contributed by atoms with E-state index in [-0.39, 0.29) is 0 Å². The van der Waals surface area contributed by atoms with Crippen molar-refractivity contribution in [3.05, 3.63) is 46.0 Å². The fourth-order valence-corrected chi connectivity index (χ4v) is 1.82. The Labute approximate surface area is 80.8 Å². The number of rotatable bonds is 0. The van der Waals surface area contributed by atoms with Gasteiger partial charge in [0, 0.05) is 3.57 Å². The summed E-state index contributed by atoms with van der Waals surface area (Å²) in [5.41, 5.74) is 0. The lowest BCUT2D eigenvalue weighted by Gasteiger charge is -1.97. The van der Waals surface area contributed by atoms with E-state index in [1.54, 1.807) is 0 Å². The second kappa shape index (κ2) is 2.81. The van der Waals surface area contributed by atoms with Crippen molar-refractivity contribution in [3.8, 4) is 0 Å². The van der Waals surface area contributed by atoms with E-state index in [9.17, 15) is 0 Å². The largest absolute Gasteiger partial charge is 0.0623 e. The number of hydrogen-bond donors (Lipinski definition) is 0. The zero-order valence-electron chi connectivity index (χ0n) is 6.84. The molecule has 0 fully saturated rings. The van der Waals surface area contributed by atoms with Crippen LogP contribution in [-0.2, 0) is 0 Å². The maximum Gasteiger partial charge on any atom is 0.0623 e. The molecule has 0 atom stereocenters. The predicted molar refractivity (Wildman–Crippen MR) is 56.7 cm³/mol. The molecule has 0 heterocycles. The minimum atomic E-state index is 0.574. The van der Waals surface area contributed by atoms with E-state index >= 15 is 0 Å². The van der Waals surface area contributed by atoms with Crippen molar-refractivity contribution < 1.29 is 1.37 Å². The summed E-state index contributed by atoms with van der Waals surface area (Å²) in [5.74, 6) is 0. The summed E-state index contributed by atoms with van der Waals surface area (Å²) in [6.45, 7) is 0. The Balaban J connectivity index is 2.86. The Morgan fingerprint density at radius 1 is 1.09 bits per heavy atom. The first-order valence-electron chi connectivity index (χ1n) is 3.92. The van der Waals surface area contributed by atoms with E-state index in [1.165, 1.54) is 8.96 Å². The van der Waals surface area contributed by atoms with E-state index in [1.807, 2.05) is 30.3 Å². The average Bonchev–Trinajstić information content (AvgIpc) is 2.04. The predicted octanol–water partition coefficient (Wildman–Crippen LogP) is 3.44. The van der Waals surface area contributed by atoms with Crippen molar-refractivity contribution in [1.82, 2.24) is 0 Å². The highest BCUT2D eigenvalue weighted by Crippen LogP contribution is 2.19. The zero-order valence-corrected chi connectivity index (χ0v) is 8.00. The normalized spacial score (nSPS) is 11.5. The highest BCUT2D eigenvalue weighted by molar-refractivity contribution is 14.1. The molecular formula is C10H7I. The van der Waals surface area contributed by atoms with Crippen molar-refractivity contribution in [2.45, 2.75) is 0 Å². The van der Waals surface area contributed by atoms with Gasteiger partial charge in [0.15, 0.2) is 0 Å². The van der Waals surface area contributed by atoms with Crippen LogP contribution in [0.4, 0.5) is 0 Å². The van der Waals surface area contributed by atoms with E-state index in [0.29, 0.717) is 6.04 Å². The molecule has 0 aliphatic carbocycles. The van der Waals surface area contributed by atoms with Gasteiger partial charge >= 0.3 is 0 Å². The molecule has 0 amide bonds. The molecule has 0 unspecified atom stereocenters. The molecule has 0 radical (unpaired) electrons. The van der Waals surface area contributed by atoms with Crippen LogP contribution in [-0.4, -0.2) is 0 Å². The molecule has 2 rings (SSSR count). The van der Waals surface area contributed by atoms with Crippen LogP contribution in [0.25, 0.3) is 10.8 Å². The Hall–Kier alpha value is -0.570. The fraction of sp³-hybridized carbons (Fsp3) is 0. The van der Waals surface area contributed by atoms with Gasteiger partial charge in [0.25, 0.3) is 0 Å². The standard InChI is InChI=1S/C10H7I/c11-10-7-3-5-8-4-1-2-6-9(8)10/h1-7H/i1D. The molecule has 0 N–H and O–H groups in total. The van der Waals surface area contributed by atoms with Crippen LogP contribution in [0.5, 0.6) is 0 Å². The minimum absolute atomic E-state index is 0.574. The number of hydrogen-bond acceptors (Lipinski definition) is 0. The molecule has 0 spiro atoms. The summed E-state index contributed by atoms with van der Waals surface area (Å²) < 4.78 is 8.69. The van der Waals surface area contributed by atoms with Crippen LogP contribution >= 0.6 is 22.6 Å². The molecule has 0 saturated heterocycles. The Morgan fingerprint density at radius 3 is 2.91 bits per heavy atom. The van der Waals surface area contributed by atoms with Crippen LogP contribution in [0.1, 0.15) is 1.37 Å². The van der Waals surface area contributed by atoms with E-state index in [4.69, 9.17) is 1.37 Å². The van der Waals surface area contributed by atoms with Crippen molar-refractivity contribution in [1.29, 1.82) is 0 Å². The quantitative estimate of drug-likeness (QED) is 0.632. The van der Waals surface area contributed by atoms with Crippen LogP contribution in [0, 0.1) is 3.57 Å². The molecule has 11 heavy (non-hydrogen) atoms. The first-order valence-corrected chi connectivity index (χ1v) is 4.50. The van der Waals surface area contributed by atoms with Gasteiger partial charge in [-0.05, 0) is 39.4 Å². The van der Waals surface area contributed by atoms with Crippen molar-refractivity contribution in [3.63, 3.8) is 0 Å². The topological polar surface area (TPSA) is 0 Å². The van der Waals surface area contributed by atoms with Crippen molar-refractivity contribution in [2.75, 3.05) is 0 Å². The maximum absolute atomic E-state index is 7.45. The Morgan fingerprint density at radius 2 is 2.00 bits per heavy atom. The summed E-state index contributed by atoms with van der Waals surface area (Å²) in [6, 6.07) is 12.4. The molecular weight excluding hydrogens is 247 g/mol. The molecule has 0 aliphatic heterocycles. The lowest BCUT2D eigenvalue weighted by Crippen LogP contribution is -1.74. The molecule has 2 aromatic carbocycles. The highest BCUT2D eigenvalue weighted by Gasteiger charge is 1.93. The van der Waals surface area contributed by atoms with E-state index in [2.05, 4.69) is 28.7 Å². The SMILES string of the molecule is [2H]c1ccc2c(I)cccc2c1. The fourth-order valence-electron chi connectivity index (χ4n) is 1.12. The smallest absolute Gasteiger partial charge is 0.0616 e. The van der Waals surface area contributed by atoms with Gasteiger partial charge in [0.1, 0.15) is 0 Å². The molecule has 0 bridgehead atoms. The van der Waals surface area contributed by atoms with Crippen LogP contribution in [0.3, 0.4) is 0 Å². The van der Waals surface area contributed by atoms with Crippen LogP contribution in [0.15, 0.2) is 42.4 Å². The third-order valence-electron chi connectivity index (χ3n) is 1.67. The monoisotopic (exact) mass is 255 g/mol. The van der Waals surface area contributed by atoms with Crippen LogP contribution < -0.4 is 0 Å². The van der Waals surface area contributed by atoms with Crippen molar-refractivity contribution in [2.24, 2.45) is 0 Å². The van der Waals surface area contributed by atoms with E-state index < -0.39 is 0 Å². The molecule has 0 aliphatic rings. The summed E-state index contributed by atoms with van der Waals surface area (Å²) in [4.78, 5) is 0. The highest BCUT2D eigenvalue weighted by atomic mass is 127. The third-order valence-corrected chi connectivity index (χ3v) is 2.61. The van der Waals surface area contributed by atoms with Gasteiger partial charge in [-0.15, -0.1) is 0 Å². The Bertz CT molecular complexity index is 423. The lowest BCUT2D eigenvalue weighted by molar-refractivity contribution is 1.71. The van der Waals surface area contributed by atoms with Gasteiger partial charge < -0.3 is 0 Å². The number of benzene rings is 2. The third kappa shape index (κ3) is 1.25. The molecule has 1 heteroatoms. The zero-order chi connectivity index (χ0) is 8.55. The molecule has 0 nitrogen and oxygen atoms in total. The second-order valence-electron chi connectivity index (χ2n) is 2.39. The second-order valence-corrected chi connectivity index (χ2v) is 3.55.